The summed E-state index contributed by atoms with van der Waals surface area (Å²) in [6.07, 6.45) is 5.33. The molecule has 200 valence electrons. The SMILES string of the molecule is Cl.Nc1nc(N2CCC[C@@H](CN3CCN(c4ccnc(C(=O)O)c4)CC3)C2)nc2nc(-c3ccco3)nn12. The Morgan fingerprint density at radius 2 is 1.95 bits per heavy atom. The Morgan fingerprint density at radius 3 is 2.71 bits per heavy atom. The standard InChI is InChI=1S/C24H28N10O3.ClH/c25-22-28-23(29-24-27-20(30-34(22)24)19-4-2-12-37-19)33-7-1-3-16(15-33)14-31-8-10-32(11-9-31)17-5-6-26-18(13-17)21(35)36;/h2,4-6,12-13,16H,1,3,7-11,14-15H2,(H,35,36)(H2,25,27,28,29,30);1H/t16-;/m0./s1. The Labute approximate surface area is 224 Å². The van der Waals surface area contributed by atoms with E-state index >= 15 is 0 Å². The molecular weight excluding hydrogens is 512 g/mol. The minimum absolute atomic E-state index is 0. The van der Waals surface area contributed by atoms with Crippen LogP contribution >= 0.6 is 12.4 Å². The van der Waals surface area contributed by atoms with Crippen molar-refractivity contribution in [1.29, 1.82) is 0 Å². The number of anilines is 3. The van der Waals surface area contributed by atoms with Gasteiger partial charge in [-0.2, -0.15) is 19.5 Å². The van der Waals surface area contributed by atoms with Gasteiger partial charge in [-0.25, -0.2) is 9.78 Å². The van der Waals surface area contributed by atoms with Crippen LogP contribution < -0.4 is 15.5 Å². The third kappa shape index (κ3) is 5.20. The smallest absolute Gasteiger partial charge is 0.354 e. The first-order valence-corrected chi connectivity index (χ1v) is 12.4. The quantitative estimate of drug-likeness (QED) is 0.367. The number of nitrogen functional groups attached to an aromatic ring is 1. The second-order valence-corrected chi connectivity index (χ2v) is 9.45. The lowest BCUT2D eigenvalue weighted by molar-refractivity contribution is 0.0690. The predicted octanol–water partition coefficient (Wildman–Crippen LogP) is 1.92. The van der Waals surface area contributed by atoms with Crippen LogP contribution in [0.2, 0.25) is 0 Å². The van der Waals surface area contributed by atoms with Gasteiger partial charge in [0.05, 0.1) is 6.26 Å². The molecule has 2 aliphatic rings. The van der Waals surface area contributed by atoms with E-state index in [1.54, 1.807) is 30.7 Å². The van der Waals surface area contributed by atoms with Crippen molar-refractivity contribution in [3.63, 3.8) is 0 Å². The van der Waals surface area contributed by atoms with Crippen LogP contribution in [0.4, 0.5) is 17.6 Å². The van der Waals surface area contributed by atoms with Crippen molar-refractivity contribution < 1.29 is 14.3 Å². The summed E-state index contributed by atoms with van der Waals surface area (Å²) in [5, 5.41) is 13.6. The van der Waals surface area contributed by atoms with Gasteiger partial charge in [-0.05, 0) is 43.0 Å². The first-order valence-electron chi connectivity index (χ1n) is 12.4. The number of fused-ring (bicyclic) bond motifs is 1. The van der Waals surface area contributed by atoms with E-state index in [2.05, 4.69) is 39.7 Å². The number of halogens is 1. The maximum atomic E-state index is 11.3. The number of nitrogens with two attached hydrogens (primary N) is 1. The zero-order valence-corrected chi connectivity index (χ0v) is 21.5. The minimum atomic E-state index is -1.01. The molecule has 0 spiro atoms. The van der Waals surface area contributed by atoms with Crippen LogP contribution in [0.3, 0.4) is 0 Å². The van der Waals surface area contributed by atoms with Crippen molar-refractivity contribution in [3.05, 3.63) is 42.4 Å². The first kappa shape index (κ1) is 25.7. The molecule has 0 unspecified atom stereocenters. The van der Waals surface area contributed by atoms with Crippen LogP contribution in [-0.2, 0) is 0 Å². The fourth-order valence-corrected chi connectivity index (χ4v) is 5.13. The largest absolute Gasteiger partial charge is 0.477 e. The normalized spacial score (nSPS) is 18.5. The molecule has 0 aliphatic carbocycles. The number of pyridine rings is 1. The Kier molecular flexibility index (Phi) is 7.29. The molecule has 2 aliphatic heterocycles. The van der Waals surface area contributed by atoms with Gasteiger partial charge in [0, 0.05) is 57.7 Å². The van der Waals surface area contributed by atoms with Crippen LogP contribution in [0.25, 0.3) is 17.4 Å². The highest BCUT2D eigenvalue weighted by Gasteiger charge is 2.27. The number of piperidine rings is 1. The predicted molar refractivity (Wildman–Crippen MR) is 143 cm³/mol. The van der Waals surface area contributed by atoms with Gasteiger partial charge >= 0.3 is 5.97 Å². The summed E-state index contributed by atoms with van der Waals surface area (Å²) in [5.41, 5.74) is 7.19. The summed E-state index contributed by atoms with van der Waals surface area (Å²) in [5.74, 6) is 1.66. The van der Waals surface area contributed by atoms with E-state index in [0.717, 1.165) is 64.3 Å². The van der Waals surface area contributed by atoms with E-state index in [1.807, 2.05) is 6.07 Å². The molecular formula is C24H29ClN10O3. The molecule has 6 rings (SSSR count). The number of carboxylic acids is 1. The lowest BCUT2D eigenvalue weighted by Gasteiger charge is -2.40. The van der Waals surface area contributed by atoms with E-state index in [9.17, 15) is 9.90 Å². The Morgan fingerprint density at radius 1 is 1.11 bits per heavy atom. The van der Waals surface area contributed by atoms with Gasteiger partial charge in [0.15, 0.2) is 5.76 Å². The van der Waals surface area contributed by atoms with Crippen LogP contribution in [0.1, 0.15) is 23.3 Å². The monoisotopic (exact) mass is 540 g/mol. The number of hydrogen-bond acceptors (Lipinski definition) is 11. The summed E-state index contributed by atoms with van der Waals surface area (Å²) in [4.78, 5) is 35.7. The molecule has 6 heterocycles. The van der Waals surface area contributed by atoms with E-state index in [4.69, 9.17) is 10.2 Å². The zero-order valence-electron chi connectivity index (χ0n) is 20.7. The van der Waals surface area contributed by atoms with Crippen LogP contribution in [0, 0.1) is 5.92 Å². The highest BCUT2D eigenvalue weighted by atomic mass is 35.5. The molecule has 0 amide bonds. The Bertz CT molecular complexity index is 1400. The first-order chi connectivity index (χ1) is 18.0. The summed E-state index contributed by atoms with van der Waals surface area (Å²) < 4.78 is 6.83. The van der Waals surface area contributed by atoms with Gasteiger partial charge in [-0.1, -0.05) is 0 Å². The summed E-state index contributed by atoms with van der Waals surface area (Å²) >= 11 is 0. The molecule has 1 atom stereocenters. The van der Waals surface area contributed by atoms with Crippen LogP contribution in [0.5, 0.6) is 0 Å². The molecule has 2 saturated heterocycles. The average molecular weight is 541 g/mol. The maximum Gasteiger partial charge on any atom is 0.354 e. The van der Waals surface area contributed by atoms with Gasteiger partial charge in [-0.3, -0.25) is 4.90 Å². The molecule has 4 aromatic rings. The van der Waals surface area contributed by atoms with E-state index in [1.165, 1.54) is 4.52 Å². The topological polar surface area (TPSA) is 155 Å². The van der Waals surface area contributed by atoms with Gasteiger partial charge < -0.3 is 25.1 Å². The van der Waals surface area contributed by atoms with Gasteiger partial charge in [0.25, 0.3) is 5.78 Å². The molecule has 38 heavy (non-hydrogen) atoms. The number of carboxylic acid groups (broad SMARTS) is 1. The summed E-state index contributed by atoms with van der Waals surface area (Å²) in [7, 11) is 0. The third-order valence-corrected chi connectivity index (χ3v) is 6.98. The molecule has 0 saturated carbocycles. The fourth-order valence-electron chi connectivity index (χ4n) is 5.13. The number of nitrogens with zero attached hydrogens (tertiary/aromatic N) is 9. The average Bonchev–Trinajstić information content (AvgIpc) is 3.60. The van der Waals surface area contributed by atoms with E-state index in [-0.39, 0.29) is 24.0 Å². The number of piperazine rings is 1. The van der Waals surface area contributed by atoms with Crippen molar-refractivity contribution >= 4 is 41.7 Å². The van der Waals surface area contributed by atoms with Gasteiger partial charge in [0.2, 0.25) is 17.7 Å². The zero-order chi connectivity index (χ0) is 25.4. The van der Waals surface area contributed by atoms with Gasteiger partial charge in [-0.15, -0.1) is 17.5 Å². The van der Waals surface area contributed by atoms with Crippen molar-refractivity contribution in [2.24, 2.45) is 5.92 Å². The highest BCUT2D eigenvalue weighted by molar-refractivity contribution is 5.86. The molecule has 0 radical (unpaired) electrons. The number of aromatic nitrogens is 6. The Hall–Kier alpha value is -3.97. The molecule has 0 aromatic carbocycles. The van der Waals surface area contributed by atoms with Gasteiger partial charge in [0.1, 0.15) is 5.69 Å². The number of hydrogen-bond donors (Lipinski definition) is 2. The van der Waals surface area contributed by atoms with Crippen molar-refractivity contribution in [3.8, 4) is 11.6 Å². The summed E-state index contributed by atoms with van der Waals surface area (Å²) in [6, 6.07) is 7.09. The van der Waals surface area contributed by atoms with Crippen molar-refractivity contribution in [2.75, 3.05) is 61.3 Å². The highest BCUT2D eigenvalue weighted by Crippen LogP contribution is 2.25. The second-order valence-electron chi connectivity index (χ2n) is 9.45. The summed E-state index contributed by atoms with van der Waals surface area (Å²) in [6.45, 7) is 6.25. The number of furan rings is 1. The Balaban J connectivity index is 0.00000294. The second kappa shape index (κ2) is 10.8. The van der Waals surface area contributed by atoms with Crippen molar-refractivity contribution in [2.45, 2.75) is 12.8 Å². The van der Waals surface area contributed by atoms with E-state index in [0.29, 0.717) is 29.2 Å². The van der Waals surface area contributed by atoms with Crippen LogP contribution in [0.15, 0.2) is 41.1 Å². The molecule has 4 aromatic heterocycles. The van der Waals surface area contributed by atoms with Crippen molar-refractivity contribution in [1.82, 2.24) is 34.4 Å². The molecule has 2 fully saturated rings. The van der Waals surface area contributed by atoms with E-state index < -0.39 is 5.97 Å². The number of rotatable bonds is 6. The maximum absolute atomic E-state index is 11.3. The minimum Gasteiger partial charge on any atom is -0.477 e. The molecule has 14 heteroatoms. The molecule has 3 N–H and O–H groups in total. The lowest BCUT2D eigenvalue weighted by Crippen LogP contribution is -2.50. The number of aromatic carboxylic acids is 1. The van der Waals surface area contributed by atoms with Crippen LogP contribution in [-0.4, -0.2) is 91.3 Å². The molecule has 0 bridgehead atoms. The molecule has 13 nitrogen and oxygen atoms in total. The third-order valence-electron chi connectivity index (χ3n) is 6.98. The number of carbonyl (C=O) groups is 1. The lowest BCUT2D eigenvalue weighted by atomic mass is 9.97. The fraction of sp³-hybridized carbons (Fsp3) is 0.417.